The molecule has 0 spiro atoms. The lowest BCUT2D eigenvalue weighted by Gasteiger charge is -2.01. The highest BCUT2D eigenvalue weighted by Gasteiger charge is 2.23. The summed E-state index contributed by atoms with van der Waals surface area (Å²) in [6.45, 7) is 0. The SMILES string of the molecule is O=C([O-])c1ccc([N+](=O)[O-])c([N+](=O)[O-])c1. The maximum Gasteiger partial charge on any atom is 0.346 e. The molecule has 0 radical (unpaired) electrons. The fourth-order valence-corrected chi connectivity index (χ4v) is 0.951. The fourth-order valence-electron chi connectivity index (χ4n) is 0.951. The van der Waals surface area contributed by atoms with Crippen molar-refractivity contribution in [2.75, 3.05) is 0 Å². The summed E-state index contributed by atoms with van der Waals surface area (Å²) in [7, 11) is 0. The van der Waals surface area contributed by atoms with Gasteiger partial charge in [0.15, 0.2) is 0 Å². The van der Waals surface area contributed by atoms with E-state index >= 15 is 0 Å². The molecule has 0 bridgehead atoms. The van der Waals surface area contributed by atoms with E-state index in [9.17, 15) is 30.1 Å². The molecule has 0 atom stereocenters. The summed E-state index contributed by atoms with van der Waals surface area (Å²) in [4.78, 5) is 29.1. The van der Waals surface area contributed by atoms with E-state index < -0.39 is 32.8 Å². The third kappa shape index (κ3) is 2.05. The number of benzene rings is 1. The van der Waals surface area contributed by atoms with Gasteiger partial charge < -0.3 is 9.90 Å². The van der Waals surface area contributed by atoms with Crippen molar-refractivity contribution in [3.05, 3.63) is 44.0 Å². The normalized spacial score (nSPS) is 9.60. The molecule has 8 nitrogen and oxygen atoms in total. The van der Waals surface area contributed by atoms with Gasteiger partial charge in [-0.25, -0.2) is 0 Å². The lowest BCUT2D eigenvalue weighted by Crippen LogP contribution is -2.22. The molecule has 1 rings (SSSR count). The van der Waals surface area contributed by atoms with Crippen LogP contribution in [0.1, 0.15) is 10.4 Å². The molecule has 0 aromatic heterocycles. The van der Waals surface area contributed by atoms with Gasteiger partial charge in [-0.15, -0.1) is 0 Å². The van der Waals surface area contributed by atoms with Crippen LogP contribution in [0.5, 0.6) is 0 Å². The Bertz CT molecular complexity index is 455. The van der Waals surface area contributed by atoms with Gasteiger partial charge in [0.2, 0.25) is 0 Å². The molecule has 0 saturated carbocycles. The van der Waals surface area contributed by atoms with Crippen molar-refractivity contribution in [2.45, 2.75) is 0 Å². The van der Waals surface area contributed by atoms with Gasteiger partial charge in [-0.05, 0) is 6.07 Å². The van der Waals surface area contributed by atoms with E-state index in [1.165, 1.54) is 0 Å². The van der Waals surface area contributed by atoms with E-state index in [-0.39, 0.29) is 0 Å². The zero-order chi connectivity index (χ0) is 11.6. The predicted octanol–water partition coefficient (Wildman–Crippen LogP) is -0.134. The topological polar surface area (TPSA) is 126 Å². The molecule has 78 valence electrons. The lowest BCUT2D eigenvalue weighted by atomic mass is 10.2. The molecular weight excluding hydrogens is 208 g/mol. The Labute approximate surface area is 82.1 Å². The number of carbonyl (C=O) groups is 1. The Hall–Kier alpha value is -2.51. The van der Waals surface area contributed by atoms with Crippen LogP contribution in [0.3, 0.4) is 0 Å². The first kappa shape index (κ1) is 10.6. The smallest absolute Gasteiger partial charge is 0.346 e. The Morgan fingerprint density at radius 2 is 1.60 bits per heavy atom. The highest BCUT2D eigenvalue weighted by atomic mass is 16.6. The molecule has 1 aromatic rings. The highest BCUT2D eigenvalue weighted by Crippen LogP contribution is 2.27. The lowest BCUT2D eigenvalue weighted by molar-refractivity contribution is -0.422. The minimum atomic E-state index is -1.63. The van der Waals surface area contributed by atoms with Gasteiger partial charge in [0.25, 0.3) is 0 Å². The van der Waals surface area contributed by atoms with E-state index in [0.29, 0.717) is 6.07 Å². The largest absolute Gasteiger partial charge is 0.545 e. The van der Waals surface area contributed by atoms with Gasteiger partial charge in [-0.1, -0.05) is 0 Å². The molecule has 0 saturated heterocycles. The maximum atomic E-state index is 10.4. The van der Waals surface area contributed by atoms with Crippen molar-refractivity contribution in [1.82, 2.24) is 0 Å². The average Bonchev–Trinajstić information content (AvgIpc) is 2.16. The molecule has 0 aliphatic rings. The average molecular weight is 211 g/mol. The minimum Gasteiger partial charge on any atom is -0.545 e. The second kappa shape index (κ2) is 3.70. The Morgan fingerprint density at radius 3 is 2.00 bits per heavy atom. The van der Waals surface area contributed by atoms with E-state index in [0.717, 1.165) is 12.1 Å². The van der Waals surface area contributed by atoms with Crippen molar-refractivity contribution < 1.29 is 19.7 Å². The van der Waals surface area contributed by atoms with Crippen LogP contribution < -0.4 is 5.11 Å². The second-order valence-corrected chi connectivity index (χ2v) is 2.51. The third-order valence-corrected chi connectivity index (χ3v) is 1.60. The number of rotatable bonds is 3. The number of nitro benzene ring substituents is 2. The van der Waals surface area contributed by atoms with Gasteiger partial charge >= 0.3 is 11.4 Å². The number of hydrogen-bond acceptors (Lipinski definition) is 6. The van der Waals surface area contributed by atoms with Gasteiger partial charge in [-0.2, -0.15) is 0 Å². The summed E-state index contributed by atoms with van der Waals surface area (Å²) in [5.74, 6) is -1.63. The standard InChI is InChI=1S/C7H4N2O6/c10-7(11)4-1-2-5(8(12)13)6(3-4)9(14)15/h1-3H,(H,10,11)/p-1. The molecule has 0 aliphatic carbocycles. The van der Waals surface area contributed by atoms with Crippen LogP contribution in [0, 0.1) is 20.2 Å². The number of carbonyl (C=O) groups excluding carboxylic acids is 1. The van der Waals surface area contributed by atoms with Crippen LogP contribution in [0.4, 0.5) is 11.4 Å². The summed E-state index contributed by atoms with van der Waals surface area (Å²) < 4.78 is 0. The van der Waals surface area contributed by atoms with E-state index in [2.05, 4.69) is 0 Å². The van der Waals surface area contributed by atoms with E-state index in [4.69, 9.17) is 0 Å². The first-order valence-electron chi connectivity index (χ1n) is 3.57. The van der Waals surface area contributed by atoms with Crippen molar-refractivity contribution in [2.24, 2.45) is 0 Å². The molecule has 15 heavy (non-hydrogen) atoms. The van der Waals surface area contributed by atoms with Crippen molar-refractivity contribution in [3.8, 4) is 0 Å². The van der Waals surface area contributed by atoms with Gasteiger partial charge in [0, 0.05) is 17.7 Å². The molecule has 0 N–H and O–H groups in total. The molecule has 8 heteroatoms. The molecule has 0 aliphatic heterocycles. The van der Waals surface area contributed by atoms with Crippen LogP contribution >= 0.6 is 0 Å². The maximum absolute atomic E-state index is 10.4. The van der Waals surface area contributed by atoms with Gasteiger partial charge in [0.1, 0.15) is 0 Å². The van der Waals surface area contributed by atoms with Crippen LogP contribution in [0.25, 0.3) is 0 Å². The van der Waals surface area contributed by atoms with Crippen molar-refractivity contribution in [1.29, 1.82) is 0 Å². The zero-order valence-corrected chi connectivity index (χ0v) is 7.08. The molecule has 0 fully saturated rings. The minimum absolute atomic E-state index is 0.479. The van der Waals surface area contributed by atoms with E-state index in [1.807, 2.05) is 0 Å². The second-order valence-electron chi connectivity index (χ2n) is 2.51. The quantitative estimate of drug-likeness (QED) is 0.505. The first-order valence-corrected chi connectivity index (χ1v) is 3.57. The monoisotopic (exact) mass is 211 g/mol. The highest BCUT2D eigenvalue weighted by molar-refractivity contribution is 5.87. The van der Waals surface area contributed by atoms with Crippen LogP contribution in [-0.4, -0.2) is 15.8 Å². The number of aromatic carboxylic acids is 1. The molecular formula is C7H3N2O6-. The van der Waals surface area contributed by atoms with Gasteiger partial charge in [-0.3, -0.25) is 20.2 Å². The van der Waals surface area contributed by atoms with E-state index in [1.54, 1.807) is 0 Å². The Morgan fingerprint density at radius 1 is 1.07 bits per heavy atom. The van der Waals surface area contributed by atoms with Crippen LogP contribution in [0.2, 0.25) is 0 Å². The molecule has 0 amide bonds. The van der Waals surface area contributed by atoms with Crippen LogP contribution in [-0.2, 0) is 0 Å². The number of nitro groups is 2. The van der Waals surface area contributed by atoms with Crippen molar-refractivity contribution in [3.63, 3.8) is 0 Å². The molecule has 0 heterocycles. The fraction of sp³-hybridized carbons (Fsp3) is 0. The van der Waals surface area contributed by atoms with Crippen molar-refractivity contribution >= 4 is 17.3 Å². The number of carboxylic acids is 1. The van der Waals surface area contributed by atoms with Crippen LogP contribution in [0.15, 0.2) is 18.2 Å². The Kier molecular flexibility index (Phi) is 2.61. The Balaban J connectivity index is 3.40. The molecule has 0 unspecified atom stereocenters. The number of hydrogen-bond donors (Lipinski definition) is 0. The number of carboxylic acid groups (broad SMARTS) is 1. The van der Waals surface area contributed by atoms with Gasteiger partial charge in [0.05, 0.1) is 15.8 Å². The summed E-state index contributed by atoms with van der Waals surface area (Å²) in [5.41, 5.74) is -2.11. The zero-order valence-electron chi connectivity index (χ0n) is 7.08. The summed E-state index contributed by atoms with van der Waals surface area (Å²) in [5, 5.41) is 31.1. The summed E-state index contributed by atoms with van der Waals surface area (Å²) in [6, 6.07) is 2.22. The third-order valence-electron chi connectivity index (χ3n) is 1.60. The first-order chi connectivity index (χ1) is 6.93. The predicted molar refractivity (Wildman–Crippen MR) is 44.1 cm³/mol. The molecule has 1 aromatic carbocycles. The number of nitrogens with zero attached hydrogens (tertiary/aromatic N) is 2. The summed E-state index contributed by atoms with van der Waals surface area (Å²) >= 11 is 0. The summed E-state index contributed by atoms with van der Waals surface area (Å²) in [6.07, 6.45) is 0.